The van der Waals surface area contributed by atoms with Gasteiger partial charge in [-0.15, -0.1) is 0 Å². The predicted molar refractivity (Wildman–Crippen MR) is 82.1 cm³/mol. The molecular weight excluding hydrogens is 266 g/mol. The van der Waals surface area contributed by atoms with Crippen molar-refractivity contribution >= 4 is 11.6 Å². The number of nitrogen functional groups attached to an aromatic ring is 1. The number of amides is 1. The SMILES string of the molecule is CN1CCC(C)(CNC(=O)c2n[nH]c(C3CC3)c2N)CC1. The van der Waals surface area contributed by atoms with E-state index in [-0.39, 0.29) is 11.3 Å². The van der Waals surface area contributed by atoms with Crippen LogP contribution in [0.25, 0.3) is 0 Å². The third-order valence-electron chi connectivity index (χ3n) is 4.90. The number of hydrogen-bond acceptors (Lipinski definition) is 4. The number of carbonyl (C=O) groups excluding carboxylic acids is 1. The van der Waals surface area contributed by atoms with Gasteiger partial charge in [0.05, 0.1) is 11.4 Å². The highest BCUT2D eigenvalue weighted by atomic mass is 16.1. The van der Waals surface area contributed by atoms with Crippen molar-refractivity contribution in [2.24, 2.45) is 5.41 Å². The topological polar surface area (TPSA) is 87.0 Å². The summed E-state index contributed by atoms with van der Waals surface area (Å²) in [4.78, 5) is 14.6. The number of hydrogen-bond donors (Lipinski definition) is 3. The van der Waals surface area contributed by atoms with Crippen molar-refractivity contribution in [3.05, 3.63) is 11.4 Å². The molecule has 2 aliphatic rings. The minimum atomic E-state index is -0.157. The summed E-state index contributed by atoms with van der Waals surface area (Å²) in [5.74, 6) is 0.321. The van der Waals surface area contributed by atoms with Gasteiger partial charge >= 0.3 is 0 Å². The Kier molecular flexibility index (Phi) is 3.65. The van der Waals surface area contributed by atoms with E-state index in [1.165, 1.54) is 0 Å². The summed E-state index contributed by atoms with van der Waals surface area (Å²) in [6.45, 7) is 5.10. The Balaban J connectivity index is 1.59. The van der Waals surface area contributed by atoms with E-state index in [9.17, 15) is 4.79 Å². The van der Waals surface area contributed by atoms with Crippen LogP contribution in [-0.4, -0.2) is 47.7 Å². The van der Waals surface area contributed by atoms with E-state index in [1.807, 2.05) is 0 Å². The van der Waals surface area contributed by atoms with Gasteiger partial charge in [0.15, 0.2) is 5.69 Å². The van der Waals surface area contributed by atoms with Gasteiger partial charge in [-0.25, -0.2) is 0 Å². The van der Waals surface area contributed by atoms with Crippen LogP contribution in [0.15, 0.2) is 0 Å². The van der Waals surface area contributed by atoms with Gasteiger partial charge in [0.2, 0.25) is 0 Å². The van der Waals surface area contributed by atoms with Crippen LogP contribution in [0.2, 0.25) is 0 Å². The Bertz CT molecular complexity index is 526. The van der Waals surface area contributed by atoms with Gasteiger partial charge < -0.3 is 16.0 Å². The van der Waals surface area contributed by atoms with Crippen LogP contribution in [-0.2, 0) is 0 Å². The summed E-state index contributed by atoms with van der Waals surface area (Å²) in [6.07, 6.45) is 4.48. The molecule has 0 aromatic carbocycles. The molecule has 1 aliphatic heterocycles. The first-order valence-corrected chi connectivity index (χ1v) is 7.79. The van der Waals surface area contributed by atoms with E-state index in [2.05, 4.69) is 34.4 Å². The number of aromatic amines is 1. The maximum Gasteiger partial charge on any atom is 0.273 e. The van der Waals surface area contributed by atoms with Gasteiger partial charge in [0, 0.05) is 12.5 Å². The molecule has 1 aliphatic carbocycles. The zero-order chi connectivity index (χ0) is 15.0. The summed E-state index contributed by atoms with van der Waals surface area (Å²) in [5.41, 5.74) is 8.04. The molecule has 1 saturated heterocycles. The minimum absolute atomic E-state index is 0.157. The Labute approximate surface area is 125 Å². The summed E-state index contributed by atoms with van der Waals surface area (Å²) >= 11 is 0. The van der Waals surface area contributed by atoms with Gasteiger partial charge in [-0.3, -0.25) is 9.89 Å². The second-order valence-electron chi connectivity index (χ2n) is 6.97. The number of likely N-dealkylation sites (tertiary alicyclic amines) is 1. The van der Waals surface area contributed by atoms with Gasteiger partial charge in [0.25, 0.3) is 5.91 Å². The van der Waals surface area contributed by atoms with E-state index >= 15 is 0 Å². The molecule has 1 aromatic rings. The van der Waals surface area contributed by atoms with Gasteiger partial charge in [-0.1, -0.05) is 6.92 Å². The quantitative estimate of drug-likeness (QED) is 0.781. The van der Waals surface area contributed by atoms with Crippen molar-refractivity contribution in [2.45, 2.75) is 38.5 Å². The number of nitrogens with one attached hydrogen (secondary N) is 2. The molecule has 0 bridgehead atoms. The van der Waals surface area contributed by atoms with Crippen molar-refractivity contribution in [1.82, 2.24) is 20.4 Å². The fraction of sp³-hybridized carbons (Fsp3) is 0.733. The lowest BCUT2D eigenvalue weighted by atomic mass is 9.80. The minimum Gasteiger partial charge on any atom is -0.395 e. The summed E-state index contributed by atoms with van der Waals surface area (Å²) in [6, 6.07) is 0. The average Bonchev–Trinajstić information content (AvgIpc) is 3.23. The predicted octanol–water partition coefficient (Wildman–Crippen LogP) is 1.33. The monoisotopic (exact) mass is 291 g/mol. The van der Waals surface area contributed by atoms with Gasteiger partial charge in [0.1, 0.15) is 0 Å². The Hall–Kier alpha value is -1.56. The smallest absolute Gasteiger partial charge is 0.273 e. The molecule has 1 saturated carbocycles. The molecule has 0 spiro atoms. The number of H-pyrrole nitrogens is 1. The van der Waals surface area contributed by atoms with Crippen LogP contribution in [0, 0.1) is 5.41 Å². The molecule has 6 nitrogen and oxygen atoms in total. The largest absolute Gasteiger partial charge is 0.395 e. The van der Waals surface area contributed by atoms with Crippen molar-refractivity contribution in [3.8, 4) is 0 Å². The molecule has 0 atom stereocenters. The normalized spacial score (nSPS) is 22.2. The highest BCUT2D eigenvalue weighted by molar-refractivity contribution is 5.97. The standard InChI is InChI=1S/C15H25N5O/c1-15(5-7-20(2)8-6-15)9-17-14(21)13-11(16)12(18-19-13)10-3-4-10/h10H,3-9,16H2,1-2H3,(H,17,21)(H,18,19). The highest BCUT2D eigenvalue weighted by Gasteiger charge is 2.32. The lowest BCUT2D eigenvalue weighted by molar-refractivity contribution is 0.0887. The van der Waals surface area contributed by atoms with E-state index in [4.69, 9.17) is 5.73 Å². The van der Waals surface area contributed by atoms with Crippen LogP contribution in [0.1, 0.15) is 54.7 Å². The molecule has 1 aromatic heterocycles. The van der Waals surface area contributed by atoms with Crippen LogP contribution in [0.4, 0.5) is 5.69 Å². The maximum atomic E-state index is 12.3. The molecule has 1 amide bonds. The number of piperidine rings is 1. The number of nitrogens with two attached hydrogens (primary N) is 1. The number of rotatable bonds is 4. The van der Waals surface area contributed by atoms with Crippen LogP contribution in [0.5, 0.6) is 0 Å². The van der Waals surface area contributed by atoms with E-state index in [0.29, 0.717) is 23.8 Å². The van der Waals surface area contributed by atoms with Gasteiger partial charge in [-0.2, -0.15) is 5.10 Å². The molecule has 6 heteroatoms. The van der Waals surface area contributed by atoms with Crippen LogP contribution < -0.4 is 11.1 Å². The molecule has 4 N–H and O–H groups in total. The summed E-state index contributed by atoms with van der Waals surface area (Å²) in [7, 11) is 2.14. The maximum absolute atomic E-state index is 12.3. The van der Waals surface area contributed by atoms with E-state index in [1.54, 1.807) is 0 Å². The number of anilines is 1. The molecule has 116 valence electrons. The number of aromatic nitrogens is 2. The van der Waals surface area contributed by atoms with Crippen molar-refractivity contribution in [2.75, 3.05) is 32.4 Å². The second-order valence-corrected chi connectivity index (χ2v) is 6.97. The number of carbonyl (C=O) groups is 1. The molecular formula is C15H25N5O. The average molecular weight is 291 g/mol. The first kappa shape index (κ1) is 14.4. The fourth-order valence-corrected chi connectivity index (χ4v) is 2.93. The van der Waals surface area contributed by atoms with Crippen molar-refractivity contribution in [1.29, 1.82) is 0 Å². The third kappa shape index (κ3) is 3.05. The summed E-state index contributed by atoms with van der Waals surface area (Å²) < 4.78 is 0. The zero-order valence-electron chi connectivity index (χ0n) is 12.9. The Morgan fingerprint density at radius 2 is 2.14 bits per heavy atom. The van der Waals surface area contributed by atoms with Crippen LogP contribution in [0.3, 0.4) is 0 Å². The molecule has 0 radical (unpaired) electrons. The Morgan fingerprint density at radius 3 is 2.76 bits per heavy atom. The van der Waals surface area contributed by atoms with Crippen molar-refractivity contribution in [3.63, 3.8) is 0 Å². The first-order valence-electron chi connectivity index (χ1n) is 7.79. The van der Waals surface area contributed by atoms with Crippen molar-refractivity contribution < 1.29 is 4.79 Å². The van der Waals surface area contributed by atoms with Gasteiger partial charge in [-0.05, 0) is 51.2 Å². The lowest BCUT2D eigenvalue weighted by Crippen LogP contribution is -2.43. The number of nitrogens with zero attached hydrogens (tertiary/aromatic N) is 2. The molecule has 2 fully saturated rings. The first-order chi connectivity index (χ1) is 9.98. The van der Waals surface area contributed by atoms with Crippen LogP contribution >= 0.6 is 0 Å². The molecule has 3 rings (SSSR count). The molecule has 2 heterocycles. The Morgan fingerprint density at radius 1 is 1.48 bits per heavy atom. The summed E-state index contributed by atoms with van der Waals surface area (Å²) in [5, 5.41) is 10.1. The van der Waals surface area contributed by atoms with E-state index in [0.717, 1.165) is 44.5 Å². The second kappa shape index (κ2) is 5.33. The molecule has 21 heavy (non-hydrogen) atoms. The lowest BCUT2D eigenvalue weighted by Gasteiger charge is -2.37. The zero-order valence-corrected chi connectivity index (χ0v) is 12.9. The third-order valence-corrected chi connectivity index (χ3v) is 4.90. The molecule has 0 unspecified atom stereocenters. The van der Waals surface area contributed by atoms with E-state index < -0.39 is 0 Å². The highest BCUT2D eigenvalue weighted by Crippen LogP contribution is 2.42. The fourth-order valence-electron chi connectivity index (χ4n) is 2.93.